The molecule has 16 heavy (non-hydrogen) atoms. The fraction of sp³-hybridized carbons (Fsp3) is 0.286. The van der Waals surface area contributed by atoms with Crippen molar-refractivity contribution in [1.82, 2.24) is 4.98 Å². The molecule has 1 aromatic carbocycles. The highest BCUT2D eigenvalue weighted by atomic mass is 15.0. The molecule has 0 saturated heterocycles. The number of nitrogens with zero attached hydrogens (tertiary/aromatic N) is 2. The zero-order chi connectivity index (χ0) is 16.7. The summed E-state index contributed by atoms with van der Waals surface area (Å²) in [5, 5.41) is 0. The molecule has 1 aromatic heterocycles. The van der Waals surface area contributed by atoms with Crippen molar-refractivity contribution in [3.63, 3.8) is 0 Å². The number of aromatic nitrogens is 2. The van der Waals surface area contributed by atoms with Gasteiger partial charge in [-0.3, -0.25) is 0 Å². The molecule has 2 rings (SSSR count). The van der Waals surface area contributed by atoms with E-state index in [9.17, 15) is 0 Å². The van der Waals surface area contributed by atoms with Crippen LogP contribution >= 0.6 is 0 Å². The van der Waals surface area contributed by atoms with Gasteiger partial charge in [-0.1, -0.05) is 17.7 Å². The molecule has 0 aliphatic rings. The van der Waals surface area contributed by atoms with Crippen LogP contribution in [-0.4, -0.2) is 4.98 Å². The molecule has 0 bridgehead atoms. The first-order valence-electron chi connectivity index (χ1n) is 7.98. The molecule has 0 aliphatic heterocycles. The SMILES string of the molecule is [2H]C([2H])([2H])c1ccc(-c2ncc(C([2H])([2H])[2H])c[n+]2C)c(C)c1. The van der Waals surface area contributed by atoms with E-state index in [1.807, 2.05) is 6.92 Å². The minimum atomic E-state index is -2.20. The maximum absolute atomic E-state index is 7.43. The lowest BCUT2D eigenvalue weighted by molar-refractivity contribution is -0.663. The molecular weight excluding hydrogens is 196 g/mol. The van der Waals surface area contributed by atoms with Crippen LogP contribution in [0, 0.1) is 20.6 Å². The highest BCUT2D eigenvalue weighted by molar-refractivity contribution is 5.58. The lowest BCUT2D eigenvalue weighted by Gasteiger charge is -2.04. The van der Waals surface area contributed by atoms with E-state index in [0.717, 1.165) is 11.1 Å². The van der Waals surface area contributed by atoms with E-state index in [0.29, 0.717) is 5.82 Å². The number of hydrogen-bond acceptors (Lipinski definition) is 1. The zero-order valence-electron chi connectivity index (χ0n) is 15.3. The van der Waals surface area contributed by atoms with Crippen molar-refractivity contribution in [3.8, 4) is 11.4 Å². The smallest absolute Gasteiger partial charge is 0.233 e. The minimum Gasteiger partial charge on any atom is -0.233 e. The highest BCUT2D eigenvalue weighted by Gasteiger charge is 2.14. The van der Waals surface area contributed by atoms with Gasteiger partial charge >= 0.3 is 5.82 Å². The Labute approximate surface area is 105 Å². The van der Waals surface area contributed by atoms with Gasteiger partial charge in [-0.25, -0.2) is 4.57 Å². The summed E-state index contributed by atoms with van der Waals surface area (Å²) in [7, 11) is 1.72. The fourth-order valence-electron chi connectivity index (χ4n) is 1.70. The molecule has 0 spiro atoms. The average molecular weight is 219 g/mol. The highest BCUT2D eigenvalue weighted by Crippen LogP contribution is 2.19. The fourth-order valence-corrected chi connectivity index (χ4v) is 1.70. The van der Waals surface area contributed by atoms with E-state index in [2.05, 4.69) is 4.98 Å². The maximum Gasteiger partial charge on any atom is 0.330 e. The largest absolute Gasteiger partial charge is 0.330 e. The molecule has 0 amide bonds. The van der Waals surface area contributed by atoms with E-state index in [1.165, 1.54) is 12.4 Å². The van der Waals surface area contributed by atoms with Gasteiger partial charge in [-0.05, 0) is 37.2 Å². The van der Waals surface area contributed by atoms with Gasteiger partial charge in [0.25, 0.3) is 0 Å². The Morgan fingerprint density at radius 1 is 1.25 bits per heavy atom. The Morgan fingerprint density at radius 3 is 2.69 bits per heavy atom. The quantitative estimate of drug-likeness (QED) is 0.673. The van der Waals surface area contributed by atoms with Crippen LogP contribution in [0.25, 0.3) is 11.4 Å². The van der Waals surface area contributed by atoms with E-state index < -0.39 is 13.7 Å². The molecule has 0 saturated carbocycles. The molecule has 82 valence electrons. The molecule has 2 heteroatoms. The van der Waals surface area contributed by atoms with Gasteiger partial charge in [-0.15, -0.1) is 0 Å². The predicted molar refractivity (Wildman–Crippen MR) is 65.1 cm³/mol. The van der Waals surface area contributed by atoms with Gasteiger partial charge in [0.15, 0.2) is 0 Å². The van der Waals surface area contributed by atoms with Crippen molar-refractivity contribution in [2.24, 2.45) is 7.05 Å². The van der Waals surface area contributed by atoms with E-state index >= 15 is 0 Å². The number of aryl methyl sites for hydroxylation is 4. The second kappa shape index (κ2) is 4.05. The van der Waals surface area contributed by atoms with Crippen LogP contribution in [0.3, 0.4) is 0 Å². The molecule has 0 radical (unpaired) electrons. The number of hydrogen-bond donors (Lipinski definition) is 0. The van der Waals surface area contributed by atoms with Crippen LogP contribution < -0.4 is 4.57 Å². The van der Waals surface area contributed by atoms with Crippen LogP contribution in [-0.2, 0) is 7.05 Å². The van der Waals surface area contributed by atoms with E-state index in [4.69, 9.17) is 8.22 Å². The van der Waals surface area contributed by atoms with Crippen molar-refractivity contribution in [2.75, 3.05) is 0 Å². The van der Waals surface area contributed by atoms with Crippen LogP contribution in [0.4, 0.5) is 0 Å². The molecule has 1 heterocycles. The monoisotopic (exact) mass is 219 g/mol. The second-order valence-electron chi connectivity index (χ2n) is 3.81. The van der Waals surface area contributed by atoms with Crippen molar-refractivity contribution >= 4 is 0 Å². The summed E-state index contributed by atoms with van der Waals surface area (Å²) in [4.78, 5) is 4.23. The number of benzene rings is 1. The topological polar surface area (TPSA) is 16.8 Å². The summed E-state index contributed by atoms with van der Waals surface area (Å²) in [6, 6.07) is 4.87. The number of rotatable bonds is 1. The van der Waals surface area contributed by atoms with Gasteiger partial charge < -0.3 is 0 Å². The van der Waals surface area contributed by atoms with Gasteiger partial charge in [0, 0.05) is 13.8 Å². The third-order valence-electron chi connectivity index (χ3n) is 2.46. The average Bonchev–Trinajstić information content (AvgIpc) is 2.37. The van der Waals surface area contributed by atoms with Crippen LogP contribution in [0.2, 0.25) is 0 Å². The standard InChI is InChI=1S/C14H17N2/c1-10-5-6-13(12(3)7-10)14-15-8-11(2)9-16(14)4/h5-9H,1-4H3/q+1/i1D3,2D3. The Balaban J connectivity index is 2.49. The third-order valence-corrected chi connectivity index (χ3v) is 2.46. The second-order valence-corrected chi connectivity index (χ2v) is 3.81. The molecule has 0 fully saturated rings. The van der Waals surface area contributed by atoms with Crippen molar-refractivity contribution in [2.45, 2.75) is 20.6 Å². The Kier molecular flexibility index (Phi) is 1.41. The zero-order valence-corrected chi connectivity index (χ0v) is 9.28. The molecule has 2 aromatic rings. The molecule has 0 atom stereocenters. The molecule has 0 N–H and O–H groups in total. The van der Waals surface area contributed by atoms with E-state index in [1.54, 1.807) is 29.8 Å². The normalized spacial score (nSPS) is 17.6. The van der Waals surface area contributed by atoms with Gasteiger partial charge in [0.2, 0.25) is 0 Å². The van der Waals surface area contributed by atoms with E-state index in [-0.39, 0.29) is 11.1 Å². The lowest BCUT2D eigenvalue weighted by atomic mass is 10.1. The summed E-state index contributed by atoms with van der Waals surface area (Å²) >= 11 is 0. The first-order valence-corrected chi connectivity index (χ1v) is 4.98. The summed E-state index contributed by atoms with van der Waals surface area (Å²) in [5.74, 6) is 0.586. The molecule has 2 nitrogen and oxygen atoms in total. The summed E-state index contributed by atoms with van der Waals surface area (Å²) in [6.07, 6.45) is 2.85. The maximum atomic E-state index is 7.43. The summed E-state index contributed by atoms with van der Waals surface area (Å²) < 4.78 is 46.1. The van der Waals surface area contributed by atoms with Gasteiger partial charge in [0.1, 0.15) is 6.20 Å². The van der Waals surface area contributed by atoms with Gasteiger partial charge in [-0.2, -0.15) is 0 Å². The van der Waals surface area contributed by atoms with Crippen LogP contribution in [0.15, 0.2) is 30.6 Å². The third kappa shape index (κ3) is 1.96. The predicted octanol–water partition coefficient (Wildman–Crippen LogP) is 2.50. The lowest BCUT2D eigenvalue weighted by Crippen LogP contribution is -2.32. The minimum absolute atomic E-state index is 0.163. The molecule has 0 unspecified atom stereocenters. The first-order chi connectivity index (χ1) is 10.00. The van der Waals surface area contributed by atoms with Crippen molar-refractivity contribution < 1.29 is 12.8 Å². The summed E-state index contributed by atoms with van der Waals surface area (Å²) in [5.41, 5.74) is 1.98. The Bertz CT molecular complexity index is 642. The van der Waals surface area contributed by atoms with Crippen molar-refractivity contribution in [3.05, 3.63) is 47.3 Å². The Hall–Kier alpha value is -1.70. The van der Waals surface area contributed by atoms with Crippen molar-refractivity contribution in [1.29, 1.82) is 0 Å². The van der Waals surface area contributed by atoms with Gasteiger partial charge in [0.05, 0.1) is 18.8 Å². The molecular formula is C14H17N2+. The molecule has 0 aliphatic carbocycles. The van der Waals surface area contributed by atoms with Crippen LogP contribution in [0.5, 0.6) is 0 Å². The van der Waals surface area contributed by atoms with Crippen LogP contribution in [0.1, 0.15) is 24.9 Å². The first kappa shape index (κ1) is 5.58. The summed E-state index contributed by atoms with van der Waals surface area (Å²) in [6.45, 7) is -2.54. The Morgan fingerprint density at radius 2 is 2.06 bits per heavy atom.